The zero-order chi connectivity index (χ0) is 23.7. The van der Waals surface area contributed by atoms with Crippen LogP contribution in [0.5, 0.6) is 0 Å². The second-order valence-electron chi connectivity index (χ2n) is 8.41. The first-order chi connectivity index (χ1) is 16.4. The van der Waals surface area contributed by atoms with Crippen molar-refractivity contribution in [1.82, 2.24) is 9.97 Å². The lowest BCUT2D eigenvalue weighted by Gasteiger charge is -2.27. The van der Waals surface area contributed by atoms with E-state index in [1.165, 1.54) is 11.3 Å². The monoisotopic (exact) mass is 499 g/mol. The highest BCUT2D eigenvalue weighted by Crippen LogP contribution is 2.34. The standard InChI is InChI=1S/C24H25N3O5S2/c1-2-16-5-10-20-23(25-16)33-24(26-20)27-22(28)21(32-17-11-13-31-14-12-17)15-3-6-18(7-4-15)34(29,30)19-8-9-19/h2-7,10,17,19,21H,1,8-9,11-14H2,(H,26,27,28). The van der Waals surface area contributed by atoms with Crippen molar-refractivity contribution in [2.45, 2.75) is 48.0 Å². The van der Waals surface area contributed by atoms with Gasteiger partial charge < -0.3 is 9.47 Å². The maximum absolute atomic E-state index is 13.3. The molecule has 1 aliphatic heterocycles. The molecule has 3 aromatic rings. The van der Waals surface area contributed by atoms with E-state index in [0.717, 1.165) is 5.69 Å². The number of anilines is 1. The number of pyridine rings is 1. The summed E-state index contributed by atoms with van der Waals surface area (Å²) >= 11 is 1.27. The van der Waals surface area contributed by atoms with E-state index in [9.17, 15) is 13.2 Å². The first kappa shape index (κ1) is 23.1. The number of thiazole rings is 1. The number of benzene rings is 1. The van der Waals surface area contributed by atoms with E-state index >= 15 is 0 Å². The molecule has 1 N–H and O–H groups in total. The largest absolute Gasteiger partial charge is 0.381 e. The normalized spacial score (nSPS) is 18.0. The van der Waals surface area contributed by atoms with Gasteiger partial charge in [-0.15, -0.1) is 0 Å². The second kappa shape index (κ2) is 9.53. The van der Waals surface area contributed by atoms with Gasteiger partial charge in [-0.05, 0) is 61.6 Å². The van der Waals surface area contributed by atoms with Gasteiger partial charge in [0.05, 0.1) is 21.9 Å². The van der Waals surface area contributed by atoms with Crippen molar-refractivity contribution in [2.24, 2.45) is 0 Å². The second-order valence-corrected chi connectivity index (χ2v) is 11.6. The molecule has 0 radical (unpaired) electrons. The number of rotatable bonds is 8. The van der Waals surface area contributed by atoms with Crippen molar-refractivity contribution in [3.05, 3.63) is 54.2 Å². The number of hydrogen-bond acceptors (Lipinski definition) is 8. The van der Waals surface area contributed by atoms with Crippen LogP contribution in [-0.2, 0) is 24.1 Å². The molecule has 1 saturated heterocycles. The molecule has 1 amide bonds. The molecule has 34 heavy (non-hydrogen) atoms. The molecule has 2 aliphatic rings. The van der Waals surface area contributed by atoms with Crippen LogP contribution in [0.3, 0.4) is 0 Å². The number of amides is 1. The Bertz CT molecular complexity index is 1310. The molecule has 1 aliphatic carbocycles. The van der Waals surface area contributed by atoms with Gasteiger partial charge in [0.2, 0.25) is 0 Å². The Labute approximate surface area is 201 Å². The van der Waals surface area contributed by atoms with E-state index in [2.05, 4.69) is 21.9 Å². The van der Waals surface area contributed by atoms with E-state index in [0.29, 0.717) is 59.9 Å². The van der Waals surface area contributed by atoms with Crippen LogP contribution in [0.2, 0.25) is 0 Å². The first-order valence-electron chi connectivity index (χ1n) is 11.2. The summed E-state index contributed by atoms with van der Waals surface area (Å²) in [5.41, 5.74) is 2.00. The lowest BCUT2D eigenvalue weighted by molar-refractivity contribution is -0.136. The summed E-state index contributed by atoms with van der Waals surface area (Å²) in [6.07, 6.45) is 3.39. The minimum Gasteiger partial charge on any atom is -0.381 e. The highest BCUT2D eigenvalue weighted by atomic mass is 32.2. The maximum Gasteiger partial charge on any atom is 0.259 e. The summed E-state index contributed by atoms with van der Waals surface area (Å²) < 4.78 is 36.7. The fraction of sp³-hybridized carbons (Fsp3) is 0.375. The molecule has 1 aromatic carbocycles. The fourth-order valence-electron chi connectivity index (χ4n) is 3.87. The van der Waals surface area contributed by atoms with Gasteiger partial charge in [0, 0.05) is 13.2 Å². The van der Waals surface area contributed by atoms with Gasteiger partial charge in [-0.2, -0.15) is 0 Å². The van der Waals surface area contributed by atoms with Crippen LogP contribution in [0.25, 0.3) is 16.4 Å². The zero-order valence-corrected chi connectivity index (χ0v) is 20.1. The SMILES string of the molecule is C=Cc1ccc2nc(NC(=O)C(OC3CCOCC3)c3ccc(S(=O)(=O)C4CC4)cc3)sc2n1. The Hall–Kier alpha value is -2.66. The highest BCUT2D eigenvalue weighted by Gasteiger charge is 2.37. The summed E-state index contributed by atoms with van der Waals surface area (Å²) in [7, 11) is -3.31. The van der Waals surface area contributed by atoms with Crippen molar-refractivity contribution in [1.29, 1.82) is 0 Å². The van der Waals surface area contributed by atoms with Crippen LogP contribution in [0, 0.1) is 0 Å². The summed E-state index contributed by atoms with van der Waals surface area (Å²) in [5.74, 6) is -0.368. The lowest BCUT2D eigenvalue weighted by atomic mass is 10.1. The van der Waals surface area contributed by atoms with Gasteiger partial charge in [-0.1, -0.05) is 30.0 Å². The topological polar surface area (TPSA) is 107 Å². The number of aromatic nitrogens is 2. The van der Waals surface area contributed by atoms with E-state index in [1.54, 1.807) is 30.3 Å². The Morgan fingerprint density at radius 1 is 1.12 bits per heavy atom. The van der Waals surface area contributed by atoms with E-state index < -0.39 is 15.9 Å². The third-order valence-electron chi connectivity index (χ3n) is 5.93. The zero-order valence-electron chi connectivity index (χ0n) is 18.5. The van der Waals surface area contributed by atoms with Crippen LogP contribution in [0.15, 0.2) is 47.9 Å². The number of carbonyl (C=O) groups excluding carboxylic acids is 1. The first-order valence-corrected chi connectivity index (χ1v) is 13.6. The van der Waals surface area contributed by atoms with Crippen molar-refractivity contribution in [2.75, 3.05) is 18.5 Å². The smallest absolute Gasteiger partial charge is 0.259 e. The van der Waals surface area contributed by atoms with Gasteiger partial charge in [-0.3, -0.25) is 10.1 Å². The third-order valence-corrected chi connectivity index (χ3v) is 9.08. The molecule has 0 spiro atoms. The summed E-state index contributed by atoms with van der Waals surface area (Å²) in [4.78, 5) is 23.2. The summed E-state index contributed by atoms with van der Waals surface area (Å²) in [6.45, 7) is 4.88. The van der Waals surface area contributed by atoms with E-state index in [1.807, 2.05) is 12.1 Å². The molecule has 2 aromatic heterocycles. The molecule has 8 nitrogen and oxygen atoms in total. The number of nitrogens with zero attached hydrogens (tertiary/aromatic N) is 2. The van der Waals surface area contributed by atoms with Crippen molar-refractivity contribution in [3.8, 4) is 0 Å². The molecule has 1 saturated carbocycles. The molecule has 2 fully saturated rings. The molecule has 1 unspecified atom stereocenters. The molecule has 1 atom stereocenters. The van der Waals surface area contributed by atoms with Gasteiger partial charge in [-0.25, -0.2) is 18.4 Å². The minimum atomic E-state index is -3.31. The minimum absolute atomic E-state index is 0.133. The molecular weight excluding hydrogens is 474 g/mol. The maximum atomic E-state index is 13.3. The average Bonchev–Trinajstić information content (AvgIpc) is 3.64. The highest BCUT2D eigenvalue weighted by molar-refractivity contribution is 7.92. The molecular formula is C24H25N3O5S2. The number of carbonyl (C=O) groups is 1. The summed E-state index contributed by atoms with van der Waals surface area (Å²) in [6, 6.07) is 10.1. The van der Waals surface area contributed by atoms with Gasteiger partial charge in [0.1, 0.15) is 10.3 Å². The van der Waals surface area contributed by atoms with Crippen LogP contribution in [0.1, 0.15) is 43.0 Å². The average molecular weight is 500 g/mol. The molecule has 10 heteroatoms. The van der Waals surface area contributed by atoms with Crippen LogP contribution >= 0.6 is 11.3 Å². The molecule has 3 heterocycles. The van der Waals surface area contributed by atoms with Gasteiger partial charge >= 0.3 is 0 Å². The predicted molar refractivity (Wildman–Crippen MR) is 130 cm³/mol. The van der Waals surface area contributed by atoms with Gasteiger partial charge in [0.25, 0.3) is 5.91 Å². The molecule has 178 valence electrons. The van der Waals surface area contributed by atoms with Crippen molar-refractivity contribution >= 4 is 48.6 Å². The number of fused-ring (bicyclic) bond motifs is 1. The Kier molecular flexibility index (Phi) is 6.48. The number of ether oxygens (including phenoxy) is 2. The number of nitrogens with one attached hydrogen (secondary N) is 1. The predicted octanol–water partition coefficient (Wildman–Crippen LogP) is 4.15. The molecule has 5 rings (SSSR count). The van der Waals surface area contributed by atoms with Gasteiger partial charge in [0.15, 0.2) is 21.1 Å². The quantitative estimate of drug-likeness (QED) is 0.496. The van der Waals surface area contributed by atoms with Crippen LogP contribution in [-0.4, -0.2) is 48.9 Å². The summed E-state index contributed by atoms with van der Waals surface area (Å²) in [5, 5.41) is 2.99. The molecule has 0 bridgehead atoms. The van der Waals surface area contributed by atoms with Crippen molar-refractivity contribution < 1.29 is 22.7 Å². The Balaban J connectivity index is 1.39. The van der Waals surface area contributed by atoms with Crippen LogP contribution < -0.4 is 5.32 Å². The Morgan fingerprint density at radius 3 is 2.53 bits per heavy atom. The fourth-order valence-corrected chi connectivity index (χ4v) is 6.37. The number of sulfone groups is 1. The Morgan fingerprint density at radius 2 is 1.85 bits per heavy atom. The van der Waals surface area contributed by atoms with E-state index in [-0.39, 0.29) is 22.2 Å². The van der Waals surface area contributed by atoms with Crippen molar-refractivity contribution in [3.63, 3.8) is 0 Å². The van der Waals surface area contributed by atoms with Crippen LogP contribution in [0.4, 0.5) is 5.13 Å². The number of hydrogen-bond donors (Lipinski definition) is 1. The van der Waals surface area contributed by atoms with E-state index in [4.69, 9.17) is 9.47 Å². The third kappa shape index (κ3) is 4.90. The lowest BCUT2D eigenvalue weighted by Crippen LogP contribution is -2.31.